The van der Waals surface area contributed by atoms with Crippen LogP contribution in [0.3, 0.4) is 0 Å². The number of carbonyl (C=O) groups is 1. The van der Waals surface area contributed by atoms with Crippen LogP contribution in [0, 0.1) is 0 Å². The molecule has 2 aromatic carbocycles. The summed E-state index contributed by atoms with van der Waals surface area (Å²) in [5, 5.41) is 5.23. The highest BCUT2D eigenvalue weighted by molar-refractivity contribution is 9.10. The number of amides is 1. The van der Waals surface area contributed by atoms with Gasteiger partial charge in [0.15, 0.2) is 0 Å². The number of unbranched alkanes of at least 4 members (excludes halogenated alkanes) is 1. The quantitative estimate of drug-likeness (QED) is 0.869. The molecule has 2 rings (SSSR count). The Morgan fingerprint density at radius 2 is 1.89 bits per heavy atom. The highest BCUT2D eigenvalue weighted by Crippen LogP contribution is 2.23. The average Bonchev–Trinajstić information content (AvgIpc) is 2.36. The molecule has 0 radical (unpaired) electrons. The Morgan fingerprint density at radius 1 is 1.17 bits per heavy atom. The number of nitrogens with one attached hydrogen (secondary N) is 1. The summed E-state index contributed by atoms with van der Waals surface area (Å²) in [7, 11) is 0. The third-order valence-corrected chi connectivity index (χ3v) is 3.34. The minimum Gasteiger partial charge on any atom is -0.326 e. The lowest BCUT2D eigenvalue weighted by atomic mass is 10.1. The SMILES string of the molecule is CCCCC(=O)Nc1ccc2cc(Br)ccc2c1. The summed E-state index contributed by atoms with van der Waals surface area (Å²) in [6, 6.07) is 12.1. The third kappa shape index (κ3) is 3.33. The highest BCUT2D eigenvalue weighted by atomic mass is 79.9. The Hall–Kier alpha value is -1.35. The van der Waals surface area contributed by atoms with Gasteiger partial charge in [-0.05, 0) is 41.5 Å². The van der Waals surface area contributed by atoms with Gasteiger partial charge in [-0.3, -0.25) is 4.79 Å². The molecule has 0 heterocycles. The molecule has 2 nitrogen and oxygen atoms in total. The van der Waals surface area contributed by atoms with E-state index in [4.69, 9.17) is 0 Å². The van der Waals surface area contributed by atoms with Gasteiger partial charge in [0.1, 0.15) is 0 Å². The van der Waals surface area contributed by atoms with Crippen molar-refractivity contribution in [2.45, 2.75) is 26.2 Å². The monoisotopic (exact) mass is 305 g/mol. The molecular weight excluding hydrogens is 290 g/mol. The van der Waals surface area contributed by atoms with Gasteiger partial charge in [0, 0.05) is 16.6 Å². The normalized spacial score (nSPS) is 10.6. The fraction of sp³-hybridized carbons (Fsp3) is 0.267. The highest BCUT2D eigenvalue weighted by Gasteiger charge is 2.02. The molecule has 0 bridgehead atoms. The first-order valence-electron chi connectivity index (χ1n) is 6.18. The number of hydrogen-bond donors (Lipinski definition) is 1. The van der Waals surface area contributed by atoms with Crippen LogP contribution >= 0.6 is 15.9 Å². The van der Waals surface area contributed by atoms with Crippen molar-refractivity contribution in [3.63, 3.8) is 0 Å². The fourth-order valence-corrected chi connectivity index (χ4v) is 2.23. The number of anilines is 1. The van der Waals surface area contributed by atoms with E-state index >= 15 is 0 Å². The summed E-state index contributed by atoms with van der Waals surface area (Å²) < 4.78 is 1.06. The summed E-state index contributed by atoms with van der Waals surface area (Å²) in [6.45, 7) is 2.08. The number of hydrogen-bond acceptors (Lipinski definition) is 1. The van der Waals surface area contributed by atoms with Crippen molar-refractivity contribution in [1.82, 2.24) is 0 Å². The van der Waals surface area contributed by atoms with Crippen LogP contribution in [-0.4, -0.2) is 5.91 Å². The van der Waals surface area contributed by atoms with E-state index in [1.54, 1.807) is 0 Å². The van der Waals surface area contributed by atoms with Crippen LogP contribution in [0.2, 0.25) is 0 Å². The van der Waals surface area contributed by atoms with E-state index in [0.717, 1.165) is 33.8 Å². The Labute approximate surface area is 116 Å². The lowest BCUT2D eigenvalue weighted by molar-refractivity contribution is -0.116. The lowest BCUT2D eigenvalue weighted by Crippen LogP contribution is -2.10. The van der Waals surface area contributed by atoms with E-state index in [0.29, 0.717) is 6.42 Å². The molecule has 3 heteroatoms. The van der Waals surface area contributed by atoms with E-state index in [-0.39, 0.29) is 5.91 Å². The Kier molecular flexibility index (Phi) is 4.37. The summed E-state index contributed by atoms with van der Waals surface area (Å²) >= 11 is 3.45. The Morgan fingerprint density at radius 3 is 2.67 bits per heavy atom. The third-order valence-electron chi connectivity index (χ3n) is 2.84. The Balaban J connectivity index is 2.15. The molecule has 0 atom stereocenters. The zero-order valence-corrected chi connectivity index (χ0v) is 12.0. The average molecular weight is 306 g/mol. The molecule has 0 saturated carbocycles. The second kappa shape index (κ2) is 6.01. The molecule has 0 saturated heterocycles. The maximum atomic E-state index is 11.6. The van der Waals surface area contributed by atoms with E-state index in [1.165, 1.54) is 0 Å². The second-order valence-electron chi connectivity index (χ2n) is 4.36. The number of carbonyl (C=O) groups excluding carboxylic acids is 1. The molecule has 94 valence electrons. The first kappa shape index (κ1) is 13.1. The smallest absolute Gasteiger partial charge is 0.224 e. The zero-order chi connectivity index (χ0) is 13.0. The van der Waals surface area contributed by atoms with Crippen molar-refractivity contribution in [2.24, 2.45) is 0 Å². The predicted molar refractivity (Wildman–Crippen MR) is 79.8 cm³/mol. The van der Waals surface area contributed by atoms with Gasteiger partial charge in [0.25, 0.3) is 0 Å². The van der Waals surface area contributed by atoms with E-state index in [9.17, 15) is 4.79 Å². The van der Waals surface area contributed by atoms with Gasteiger partial charge in [0.2, 0.25) is 5.91 Å². The van der Waals surface area contributed by atoms with Crippen LogP contribution in [0.1, 0.15) is 26.2 Å². The summed E-state index contributed by atoms with van der Waals surface area (Å²) in [5.74, 6) is 0.0910. The molecule has 0 aliphatic heterocycles. The summed E-state index contributed by atoms with van der Waals surface area (Å²) in [5.41, 5.74) is 0.867. The minimum atomic E-state index is 0.0910. The first-order chi connectivity index (χ1) is 8.69. The predicted octanol–water partition coefficient (Wildman–Crippen LogP) is 4.73. The minimum absolute atomic E-state index is 0.0910. The number of benzene rings is 2. The van der Waals surface area contributed by atoms with Crippen LogP contribution in [0.25, 0.3) is 10.8 Å². The largest absolute Gasteiger partial charge is 0.326 e. The van der Waals surface area contributed by atoms with Crippen molar-refractivity contribution >= 4 is 38.3 Å². The number of halogens is 1. The molecule has 0 spiro atoms. The van der Waals surface area contributed by atoms with E-state index in [2.05, 4.69) is 34.2 Å². The van der Waals surface area contributed by atoms with E-state index in [1.807, 2.05) is 30.3 Å². The van der Waals surface area contributed by atoms with Crippen LogP contribution in [-0.2, 0) is 4.79 Å². The standard InChI is InChI=1S/C15H16BrNO/c1-2-3-4-15(18)17-14-8-6-11-9-13(16)7-5-12(11)10-14/h5-10H,2-4H2,1H3,(H,17,18). The van der Waals surface area contributed by atoms with Gasteiger partial charge in [-0.2, -0.15) is 0 Å². The van der Waals surface area contributed by atoms with E-state index < -0.39 is 0 Å². The molecule has 1 amide bonds. The maximum absolute atomic E-state index is 11.6. The van der Waals surface area contributed by atoms with Crippen molar-refractivity contribution in [1.29, 1.82) is 0 Å². The molecule has 0 unspecified atom stereocenters. The first-order valence-corrected chi connectivity index (χ1v) is 6.97. The topological polar surface area (TPSA) is 29.1 Å². The van der Waals surface area contributed by atoms with Crippen molar-refractivity contribution in [3.8, 4) is 0 Å². The zero-order valence-electron chi connectivity index (χ0n) is 10.4. The van der Waals surface area contributed by atoms with Gasteiger partial charge < -0.3 is 5.32 Å². The van der Waals surface area contributed by atoms with Gasteiger partial charge in [0.05, 0.1) is 0 Å². The molecule has 1 N–H and O–H groups in total. The van der Waals surface area contributed by atoms with Crippen molar-refractivity contribution in [2.75, 3.05) is 5.32 Å². The molecule has 0 aromatic heterocycles. The summed E-state index contributed by atoms with van der Waals surface area (Å²) in [4.78, 5) is 11.6. The van der Waals surface area contributed by atoms with Crippen LogP contribution in [0.15, 0.2) is 40.9 Å². The van der Waals surface area contributed by atoms with Crippen molar-refractivity contribution < 1.29 is 4.79 Å². The number of fused-ring (bicyclic) bond motifs is 1. The second-order valence-corrected chi connectivity index (χ2v) is 5.27. The summed E-state index contributed by atoms with van der Waals surface area (Å²) in [6.07, 6.45) is 2.57. The molecule has 18 heavy (non-hydrogen) atoms. The number of rotatable bonds is 4. The Bertz CT molecular complexity index is 565. The van der Waals surface area contributed by atoms with Crippen molar-refractivity contribution in [3.05, 3.63) is 40.9 Å². The molecular formula is C15H16BrNO. The maximum Gasteiger partial charge on any atom is 0.224 e. The lowest BCUT2D eigenvalue weighted by Gasteiger charge is -2.06. The van der Waals surface area contributed by atoms with Gasteiger partial charge >= 0.3 is 0 Å². The van der Waals surface area contributed by atoms with Gasteiger partial charge in [-0.15, -0.1) is 0 Å². The van der Waals surface area contributed by atoms with Gasteiger partial charge in [-0.25, -0.2) is 0 Å². The van der Waals surface area contributed by atoms with Gasteiger partial charge in [-0.1, -0.05) is 41.4 Å². The fourth-order valence-electron chi connectivity index (χ4n) is 1.86. The van der Waals surface area contributed by atoms with Crippen LogP contribution in [0.5, 0.6) is 0 Å². The molecule has 2 aromatic rings. The van der Waals surface area contributed by atoms with Crippen LogP contribution in [0.4, 0.5) is 5.69 Å². The molecule has 0 aliphatic rings. The molecule has 0 aliphatic carbocycles. The molecule has 0 fully saturated rings. The van der Waals surface area contributed by atoms with Crippen LogP contribution < -0.4 is 5.32 Å².